The van der Waals surface area contributed by atoms with Crippen LogP contribution in [-0.2, 0) is 10.1 Å². The molecule has 1 heterocycles. The Morgan fingerprint density at radius 3 is 2.73 bits per heavy atom. The number of carbonyl (C=O) groups is 1. The SMILES string of the molecule is O=C1CCOc2ccc(S(=O)(=O)O)cc21. The van der Waals surface area contributed by atoms with Crippen molar-refractivity contribution in [2.75, 3.05) is 6.61 Å². The van der Waals surface area contributed by atoms with Gasteiger partial charge in [-0.25, -0.2) is 0 Å². The first-order chi connectivity index (χ1) is 6.98. The summed E-state index contributed by atoms with van der Waals surface area (Å²) in [6, 6.07) is 3.70. The van der Waals surface area contributed by atoms with Crippen LogP contribution in [0.1, 0.15) is 16.8 Å². The van der Waals surface area contributed by atoms with Crippen molar-refractivity contribution in [2.45, 2.75) is 11.3 Å². The van der Waals surface area contributed by atoms with E-state index < -0.39 is 10.1 Å². The quantitative estimate of drug-likeness (QED) is 0.722. The van der Waals surface area contributed by atoms with Crippen molar-refractivity contribution in [3.8, 4) is 5.75 Å². The molecule has 0 saturated carbocycles. The summed E-state index contributed by atoms with van der Waals surface area (Å²) < 4.78 is 35.6. The Hall–Kier alpha value is -1.40. The summed E-state index contributed by atoms with van der Waals surface area (Å²) in [5.41, 5.74) is 0.205. The zero-order valence-electron chi connectivity index (χ0n) is 7.63. The molecule has 5 nitrogen and oxygen atoms in total. The first-order valence-corrected chi connectivity index (χ1v) is 5.70. The van der Waals surface area contributed by atoms with E-state index in [9.17, 15) is 13.2 Å². The molecule has 6 heteroatoms. The van der Waals surface area contributed by atoms with E-state index in [4.69, 9.17) is 9.29 Å². The Kier molecular flexibility index (Phi) is 2.24. The lowest BCUT2D eigenvalue weighted by Gasteiger charge is -2.16. The number of carbonyl (C=O) groups excluding carboxylic acids is 1. The Balaban J connectivity index is 2.58. The van der Waals surface area contributed by atoms with Crippen molar-refractivity contribution in [2.24, 2.45) is 0 Å². The summed E-state index contributed by atoms with van der Waals surface area (Å²) in [4.78, 5) is 11.1. The number of hydrogen-bond acceptors (Lipinski definition) is 4. The zero-order valence-corrected chi connectivity index (χ0v) is 8.45. The molecule has 1 aromatic carbocycles. The first-order valence-electron chi connectivity index (χ1n) is 4.26. The van der Waals surface area contributed by atoms with Crippen LogP contribution >= 0.6 is 0 Å². The largest absolute Gasteiger partial charge is 0.492 e. The highest BCUT2D eigenvalue weighted by Gasteiger charge is 2.21. The van der Waals surface area contributed by atoms with Crippen LogP contribution in [0.15, 0.2) is 23.1 Å². The monoisotopic (exact) mass is 228 g/mol. The van der Waals surface area contributed by atoms with Crippen LogP contribution in [-0.4, -0.2) is 25.4 Å². The van der Waals surface area contributed by atoms with Crippen molar-refractivity contribution in [3.05, 3.63) is 23.8 Å². The van der Waals surface area contributed by atoms with E-state index >= 15 is 0 Å². The predicted octanol–water partition coefficient (Wildman–Crippen LogP) is 0.899. The summed E-state index contributed by atoms with van der Waals surface area (Å²) >= 11 is 0. The fourth-order valence-electron chi connectivity index (χ4n) is 1.40. The first kappa shape index (κ1) is 10.1. The molecule has 0 aromatic heterocycles. The molecule has 1 aromatic rings. The fourth-order valence-corrected chi connectivity index (χ4v) is 1.91. The van der Waals surface area contributed by atoms with Crippen LogP contribution in [0, 0.1) is 0 Å². The van der Waals surface area contributed by atoms with Gasteiger partial charge in [-0.3, -0.25) is 9.35 Å². The Bertz CT molecular complexity index is 517. The molecule has 0 unspecified atom stereocenters. The third kappa shape index (κ3) is 1.86. The lowest BCUT2D eigenvalue weighted by molar-refractivity contribution is 0.0933. The van der Waals surface area contributed by atoms with E-state index in [1.165, 1.54) is 12.1 Å². The van der Waals surface area contributed by atoms with E-state index in [0.717, 1.165) is 6.07 Å². The highest BCUT2D eigenvalue weighted by Crippen LogP contribution is 2.27. The minimum absolute atomic E-state index is 0.179. The van der Waals surface area contributed by atoms with Gasteiger partial charge in [-0.05, 0) is 18.2 Å². The summed E-state index contributed by atoms with van der Waals surface area (Å²) in [6.45, 7) is 0.303. The van der Waals surface area contributed by atoms with Gasteiger partial charge in [0.2, 0.25) is 0 Å². The second-order valence-corrected chi connectivity index (χ2v) is 4.58. The Labute approximate surface area is 86.4 Å². The number of hydrogen-bond donors (Lipinski definition) is 1. The molecule has 0 fully saturated rings. The van der Waals surface area contributed by atoms with Crippen LogP contribution in [0.2, 0.25) is 0 Å². The van der Waals surface area contributed by atoms with Crippen molar-refractivity contribution >= 4 is 15.9 Å². The van der Waals surface area contributed by atoms with Crippen molar-refractivity contribution in [3.63, 3.8) is 0 Å². The molecule has 1 aliphatic heterocycles. The molecule has 0 spiro atoms. The topological polar surface area (TPSA) is 80.7 Å². The number of Topliss-reactive ketones (excluding diaryl/α,β-unsaturated/α-hetero) is 1. The number of rotatable bonds is 1. The van der Waals surface area contributed by atoms with Crippen molar-refractivity contribution in [1.29, 1.82) is 0 Å². The normalized spacial score (nSPS) is 15.7. The van der Waals surface area contributed by atoms with Gasteiger partial charge in [0.1, 0.15) is 5.75 Å². The van der Waals surface area contributed by atoms with Crippen LogP contribution in [0.5, 0.6) is 5.75 Å². The minimum Gasteiger partial charge on any atom is -0.492 e. The van der Waals surface area contributed by atoms with Gasteiger partial charge >= 0.3 is 0 Å². The van der Waals surface area contributed by atoms with E-state index in [0.29, 0.717) is 12.4 Å². The van der Waals surface area contributed by atoms with E-state index in [1.54, 1.807) is 0 Å². The molecule has 15 heavy (non-hydrogen) atoms. The highest BCUT2D eigenvalue weighted by molar-refractivity contribution is 7.85. The molecule has 0 radical (unpaired) electrons. The van der Waals surface area contributed by atoms with Gasteiger partial charge in [0.25, 0.3) is 10.1 Å². The molecule has 0 amide bonds. The minimum atomic E-state index is -4.27. The third-order valence-corrected chi connectivity index (χ3v) is 2.99. The van der Waals surface area contributed by atoms with Gasteiger partial charge in [0.15, 0.2) is 5.78 Å². The zero-order chi connectivity index (χ0) is 11.1. The molecule has 1 aliphatic rings. The van der Waals surface area contributed by atoms with Gasteiger partial charge in [-0.1, -0.05) is 0 Å². The number of fused-ring (bicyclic) bond motifs is 1. The summed E-state index contributed by atoms with van der Waals surface area (Å²) in [5.74, 6) is 0.181. The maximum absolute atomic E-state index is 11.4. The van der Waals surface area contributed by atoms with Crippen LogP contribution in [0.4, 0.5) is 0 Å². The second-order valence-electron chi connectivity index (χ2n) is 3.15. The number of ketones is 1. The smallest absolute Gasteiger partial charge is 0.294 e. The lowest BCUT2D eigenvalue weighted by atomic mass is 10.1. The average Bonchev–Trinajstić information content (AvgIpc) is 2.16. The van der Waals surface area contributed by atoms with Crippen molar-refractivity contribution in [1.82, 2.24) is 0 Å². The van der Waals surface area contributed by atoms with Crippen LogP contribution in [0.3, 0.4) is 0 Å². The van der Waals surface area contributed by atoms with E-state index in [2.05, 4.69) is 0 Å². The maximum Gasteiger partial charge on any atom is 0.294 e. The number of benzene rings is 1. The standard InChI is InChI=1S/C9H8O5S/c10-8-3-4-14-9-2-1-6(5-7(8)9)15(11,12)13/h1-2,5H,3-4H2,(H,11,12,13). The Morgan fingerprint density at radius 2 is 2.07 bits per heavy atom. The molecule has 0 atom stereocenters. The predicted molar refractivity (Wildman–Crippen MR) is 50.7 cm³/mol. The second kappa shape index (κ2) is 3.32. The van der Waals surface area contributed by atoms with E-state index in [-0.39, 0.29) is 22.7 Å². The van der Waals surface area contributed by atoms with Gasteiger partial charge in [0.05, 0.1) is 17.1 Å². The van der Waals surface area contributed by atoms with Crippen molar-refractivity contribution < 1.29 is 22.5 Å². The molecular weight excluding hydrogens is 220 g/mol. The van der Waals surface area contributed by atoms with Crippen LogP contribution < -0.4 is 4.74 Å². The van der Waals surface area contributed by atoms with Crippen LogP contribution in [0.25, 0.3) is 0 Å². The third-order valence-electron chi connectivity index (χ3n) is 2.14. The summed E-state index contributed by atoms with van der Waals surface area (Å²) in [7, 11) is -4.27. The number of ether oxygens (including phenoxy) is 1. The molecule has 1 N–H and O–H groups in total. The average molecular weight is 228 g/mol. The molecule has 80 valence electrons. The molecule has 0 aliphatic carbocycles. The summed E-state index contributed by atoms with van der Waals surface area (Å²) in [6.07, 6.45) is 0.224. The maximum atomic E-state index is 11.4. The van der Waals surface area contributed by atoms with Gasteiger partial charge in [-0.15, -0.1) is 0 Å². The molecule has 0 saturated heterocycles. The lowest BCUT2D eigenvalue weighted by Crippen LogP contribution is -2.15. The van der Waals surface area contributed by atoms with E-state index in [1.807, 2.05) is 0 Å². The molecular formula is C9H8O5S. The molecule has 2 rings (SSSR count). The van der Waals surface area contributed by atoms with Gasteiger partial charge in [0, 0.05) is 6.42 Å². The Morgan fingerprint density at radius 1 is 1.33 bits per heavy atom. The van der Waals surface area contributed by atoms with Gasteiger partial charge in [-0.2, -0.15) is 8.42 Å². The highest BCUT2D eigenvalue weighted by atomic mass is 32.2. The van der Waals surface area contributed by atoms with Gasteiger partial charge < -0.3 is 4.74 Å². The molecule has 0 bridgehead atoms. The summed E-state index contributed by atoms with van der Waals surface area (Å²) in [5, 5.41) is 0. The fraction of sp³-hybridized carbons (Fsp3) is 0.222.